The monoisotopic (exact) mass is 324 g/mol. The number of aromatic nitrogens is 3. The molecule has 0 spiro atoms. The van der Waals surface area contributed by atoms with Gasteiger partial charge in [0, 0.05) is 18.6 Å². The number of benzene rings is 1. The number of hydrogen-bond acceptors (Lipinski definition) is 3. The highest BCUT2D eigenvalue weighted by Crippen LogP contribution is 2.16. The number of amides is 1. The van der Waals surface area contributed by atoms with Crippen molar-refractivity contribution in [1.82, 2.24) is 20.1 Å². The minimum Gasteiger partial charge on any atom is -0.352 e. The van der Waals surface area contributed by atoms with E-state index in [0.717, 1.165) is 11.3 Å². The molecule has 1 amide bonds. The summed E-state index contributed by atoms with van der Waals surface area (Å²) in [6.45, 7) is 1.94. The summed E-state index contributed by atoms with van der Waals surface area (Å²) in [5, 5.41) is 7.15. The molecule has 0 fully saturated rings. The Bertz CT molecular complexity index is 853. The Balaban J connectivity index is 1.73. The summed E-state index contributed by atoms with van der Waals surface area (Å²) in [7, 11) is 0. The smallest absolute Gasteiger partial charge is 0.254 e. The van der Waals surface area contributed by atoms with E-state index in [1.807, 2.05) is 43.5 Å². The zero-order valence-corrected chi connectivity index (χ0v) is 13.4. The predicted molar refractivity (Wildman–Crippen MR) is 91.1 cm³/mol. The summed E-state index contributed by atoms with van der Waals surface area (Å²) in [6.07, 6.45) is 5.33. The quantitative estimate of drug-likeness (QED) is 0.723. The average Bonchev–Trinajstić information content (AvgIpc) is 3.09. The number of carbonyl (C=O) groups is 1. The topological polar surface area (TPSA) is 62.7 Å². The van der Waals surface area contributed by atoms with Crippen LogP contribution in [0.4, 0.5) is 0 Å². The van der Waals surface area contributed by atoms with Crippen LogP contribution < -0.4 is 5.32 Å². The molecule has 1 aromatic carbocycles. The number of hydrogen-bond donors (Lipinski definition) is 2. The molecular formula is C17H16N4OS. The van der Waals surface area contributed by atoms with E-state index in [1.165, 1.54) is 0 Å². The van der Waals surface area contributed by atoms with Crippen LogP contribution >= 0.6 is 12.2 Å². The SMILES string of the molecule is C[C@@H](NC(=O)c1ccc[nH]c1=S)c1ccc(-n2cccn2)cc1. The normalized spacial score (nSPS) is 11.9. The summed E-state index contributed by atoms with van der Waals surface area (Å²) in [4.78, 5) is 15.2. The molecule has 2 N–H and O–H groups in total. The number of H-pyrrole nitrogens is 1. The third kappa shape index (κ3) is 3.37. The van der Waals surface area contributed by atoms with Crippen LogP contribution in [0.25, 0.3) is 5.69 Å². The zero-order chi connectivity index (χ0) is 16.2. The van der Waals surface area contributed by atoms with E-state index < -0.39 is 0 Å². The van der Waals surface area contributed by atoms with E-state index in [2.05, 4.69) is 15.4 Å². The molecule has 0 bridgehead atoms. The standard InChI is InChI=1S/C17H16N4OS/c1-12(20-16(22)15-4-2-9-18-17(15)23)13-5-7-14(8-6-13)21-11-3-10-19-21/h2-12H,1H3,(H,18,23)(H,20,22)/t12-/m1/s1. The molecule has 3 rings (SSSR count). The van der Waals surface area contributed by atoms with Crippen LogP contribution in [0.2, 0.25) is 0 Å². The molecule has 2 aromatic heterocycles. The van der Waals surface area contributed by atoms with Crippen molar-refractivity contribution in [1.29, 1.82) is 0 Å². The van der Waals surface area contributed by atoms with Gasteiger partial charge < -0.3 is 10.3 Å². The van der Waals surface area contributed by atoms with Crippen LogP contribution in [0.5, 0.6) is 0 Å². The third-order valence-corrected chi connectivity index (χ3v) is 3.91. The van der Waals surface area contributed by atoms with E-state index in [1.54, 1.807) is 29.2 Å². The molecule has 2 heterocycles. The Morgan fingerprint density at radius 1 is 1.26 bits per heavy atom. The fraction of sp³-hybridized carbons (Fsp3) is 0.118. The number of nitrogens with zero attached hydrogens (tertiary/aromatic N) is 2. The number of rotatable bonds is 4. The van der Waals surface area contributed by atoms with E-state index in [9.17, 15) is 4.79 Å². The summed E-state index contributed by atoms with van der Waals surface area (Å²) >= 11 is 5.13. The lowest BCUT2D eigenvalue weighted by atomic mass is 10.1. The molecule has 5 nitrogen and oxygen atoms in total. The molecule has 116 valence electrons. The number of carbonyl (C=O) groups excluding carboxylic acids is 1. The highest BCUT2D eigenvalue weighted by Gasteiger charge is 2.12. The first kappa shape index (κ1) is 15.2. The van der Waals surface area contributed by atoms with Crippen molar-refractivity contribution in [2.45, 2.75) is 13.0 Å². The van der Waals surface area contributed by atoms with Gasteiger partial charge in [0.15, 0.2) is 0 Å². The third-order valence-electron chi connectivity index (χ3n) is 3.57. The summed E-state index contributed by atoms with van der Waals surface area (Å²) in [6, 6.07) is 13.1. The molecule has 3 aromatic rings. The summed E-state index contributed by atoms with van der Waals surface area (Å²) < 4.78 is 2.22. The van der Waals surface area contributed by atoms with Crippen LogP contribution in [-0.2, 0) is 0 Å². The lowest BCUT2D eigenvalue weighted by Crippen LogP contribution is -2.27. The second-order valence-electron chi connectivity index (χ2n) is 5.15. The van der Waals surface area contributed by atoms with Crippen LogP contribution in [-0.4, -0.2) is 20.7 Å². The Labute approximate surface area is 139 Å². The van der Waals surface area contributed by atoms with E-state index in [0.29, 0.717) is 10.2 Å². The first-order valence-corrected chi connectivity index (χ1v) is 7.64. The maximum atomic E-state index is 12.3. The van der Waals surface area contributed by atoms with Gasteiger partial charge in [-0.3, -0.25) is 4.79 Å². The van der Waals surface area contributed by atoms with Crippen LogP contribution in [0.1, 0.15) is 28.9 Å². The molecule has 0 unspecified atom stereocenters. The Morgan fingerprint density at radius 3 is 2.70 bits per heavy atom. The maximum Gasteiger partial charge on any atom is 0.254 e. The minimum absolute atomic E-state index is 0.122. The highest BCUT2D eigenvalue weighted by atomic mass is 32.1. The Kier molecular flexibility index (Phi) is 4.34. The van der Waals surface area contributed by atoms with Crippen molar-refractivity contribution in [3.8, 4) is 5.69 Å². The first-order chi connectivity index (χ1) is 11.1. The van der Waals surface area contributed by atoms with Gasteiger partial charge in [0.25, 0.3) is 5.91 Å². The molecule has 0 saturated heterocycles. The molecule has 1 atom stereocenters. The number of pyridine rings is 1. The average molecular weight is 324 g/mol. The second-order valence-corrected chi connectivity index (χ2v) is 5.56. The zero-order valence-electron chi connectivity index (χ0n) is 12.6. The largest absolute Gasteiger partial charge is 0.352 e. The van der Waals surface area contributed by atoms with Crippen molar-refractivity contribution in [2.24, 2.45) is 0 Å². The molecule has 0 aliphatic heterocycles. The second kappa shape index (κ2) is 6.58. The fourth-order valence-corrected chi connectivity index (χ4v) is 2.52. The molecular weight excluding hydrogens is 308 g/mol. The van der Waals surface area contributed by atoms with Crippen molar-refractivity contribution in [3.63, 3.8) is 0 Å². The Morgan fingerprint density at radius 2 is 2.04 bits per heavy atom. The molecule has 0 radical (unpaired) electrons. The first-order valence-electron chi connectivity index (χ1n) is 7.24. The lowest BCUT2D eigenvalue weighted by molar-refractivity contribution is 0.0939. The van der Waals surface area contributed by atoms with Gasteiger partial charge in [0.05, 0.1) is 17.3 Å². The van der Waals surface area contributed by atoms with Crippen molar-refractivity contribution < 1.29 is 4.79 Å². The maximum absolute atomic E-state index is 12.3. The summed E-state index contributed by atoms with van der Waals surface area (Å²) in [5.41, 5.74) is 2.46. The van der Waals surface area contributed by atoms with Crippen molar-refractivity contribution >= 4 is 18.1 Å². The Hall–Kier alpha value is -2.73. The van der Waals surface area contributed by atoms with E-state index in [4.69, 9.17) is 12.2 Å². The number of nitrogens with one attached hydrogen (secondary N) is 2. The van der Waals surface area contributed by atoms with Gasteiger partial charge in [0.1, 0.15) is 4.64 Å². The van der Waals surface area contributed by atoms with E-state index >= 15 is 0 Å². The van der Waals surface area contributed by atoms with Crippen molar-refractivity contribution in [3.05, 3.63) is 76.8 Å². The van der Waals surface area contributed by atoms with Gasteiger partial charge in [-0.05, 0) is 42.8 Å². The van der Waals surface area contributed by atoms with Crippen molar-refractivity contribution in [2.75, 3.05) is 0 Å². The fourth-order valence-electron chi connectivity index (χ4n) is 2.30. The summed E-state index contributed by atoms with van der Waals surface area (Å²) in [5.74, 6) is -0.185. The predicted octanol–water partition coefficient (Wildman–Crippen LogP) is 3.42. The van der Waals surface area contributed by atoms with Gasteiger partial charge in [-0.1, -0.05) is 24.4 Å². The molecule has 0 aliphatic carbocycles. The molecule has 0 aliphatic rings. The minimum atomic E-state index is -0.185. The molecule has 6 heteroatoms. The van der Waals surface area contributed by atoms with Crippen LogP contribution in [0, 0.1) is 4.64 Å². The van der Waals surface area contributed by atoms with Crippen LogP contribution in [0.15, 0.2) is 61.1 Å². The van der Waals surface area contributed by atoms with Crippen LogP contribution in [0.3, 0.4) is 0 Å². The van der Waals surface area contributed by atoms with Gasteiger partial charge in [-0.25, -0.2) is 4.68 Å². The van der Waals surface area contributed by atoms with Gasteiger partial charge >= 0.3 is 0 Å². The molecule has 23 heavy (non-hydrogen) atoms. The molecule has 0 saturated carbocycles. The van der Waals surface area contributed by atoms with Gasteiger partial charge in [-0.15, -0.1) is 0 Å². The number of aromatic amines is 1. The van der Waals surface area contributed by atoms with Gasteiger partial charge in [0.2, 0.25) is 0 Å². The van der Waals surface area contributed by atoms with Gasteiger partial charge in [-0.2, -0.15) is 5.10 Å². The van der Waals surface area contributed by atoms with E-state index in [-0.39, 0.29) is 11.9 Å². The highest BCUT2D eigenvalue weighted by molar-refractivity contribution is 7.71. The lowest BCUT2D eigenvalue weighted by Gasteiger charge is -2.15.